The average Bonchev–Trinajstić information content (AvgIpc) is 3.06. The third-order valence-electron chi connectivity index (χ3n) is 3.44. The van der Waals surface area contributed by atoms with E-state index >= 15 is 0 Å². The van der Waals surface area contributed by atoms with E-state index in [1.54, 1.807) is 12.4 Å². The van der Waals surface area contributed by atoms with Crippen molar-refractivity contribution in [1.29, 1.82) is 0 Å². The number of primary amides is 1. The van der Waals surface area contributed by atoms with Crippen molar-refractivity contribution in [2.24, 2.45) is 5.73 Å². The molecule has 20 heavy (non-hydrogen) atoms. The van der Waals surface area contributed by atoms with E-state index in [0.29, 0.717) is 5.65 Å². The summed E-state index contributed by atoms with van der Waals surface area (Å²) >= 11 is 0. The predicted octanol–water partition coefficient (Wildman–Crippen LogP) is -2.15. The van der Waals surface area contributed by atoms with E-state index in [2.05, 4.69) is 5.10 Å². The van der Waals surface area contributed by atoms with Crippen LogP contribution in [0.4, 0.5) is 0 Å². The molecule has 1 aliphatic rings. The zero-order chi connectivity index (χ0) is 14.4. The number of aliphatic hydroxyl groups is 3. The summed E-state index contributed by atoms with van der Waals surface area (Å²) in [5.41, 5.74) is 5.80. The van der Waals surface area contributed by atoms with Crippen molar-refractivity contribution in [3.05, 3.63) is 24.2 Å². The maximum absolute atomic E-state index is 11.4. The Hall–Kier alpha value is -1.94. The van der Waals surface area contributed by atoms with Crippen molar-refractivity contribution in [2.45, 2.75) is 24.5 Å². The molecule has 9 nitrogen and oxygen atoms in total. The number of nitrogens with two attached hydrogens (primary N) is 1. The highest BCUT2D eigenvalue weighted by molar-refractivity contribution is 5.98. The van der Waals surface area contributed by atoms with Gasteiger partial charge in [0.2, 0.25) is 0 Å². The van der Waals surface area contributed by atoms with Gasteiger partial charge in [0.05, 0.1) is 12.8 Å². The molecule has 5 N–H and O–H groups in total. The Kier molecular flexibility index (Phi) is 2.98. The maximum atomic E-state index is 11.4. The molecule has 3 rings (SSSR count). The SMILES string of the molecule is NC(=O)c1cnn2ccn(C3OC(CO)C(O)C3O)c12. The van der Waals surface area contributed by atoms with Gasteiger partial charge in [-0.1, -0.05) is 0 Å². The van der Waals surface area contributed by atoms with E-state index in [1.165, 1.54) is 15.3 Å². The van der Waals surface area contributed by atoms with Gasteiger partial charge in [0, 0.05) is 12.4 Å². The Labute approximate surface area is 112 Å². The summed E-state index contributed by atoms with van der Waals surface area (Å²) in [4.78, 5) is 11.4. The largest absolute Gasteiger partial charge is 0.394 e. The lowest BCUT2D eigenvalue weighted by Gasteiger charge is -2.17. The molecule has 1 amide bonds. The van der Waals surface area contributed by atoms with Gasteiger partial charge in [0.15, 0.2) is 11.9 Å². The summed E-state index contributed by atoms with van der Waals surface area (Å²) in [6, 6.07) is 0. The topological polar surface area (TPSA) is 135 Å². The van der Waals surface area contributed by atoms with Crippen molar-refractivity contribution in [3.63, 3.8) is 0 Å². The van der Waals surface area contributed by atoms with Crippen LogP contribution in [-0.4, -0.2) is 60.3 Å². The first kappa shape index (κ1) is 13.1. The fourth-order valence-corrected chi connectivity index (χ4v) is 2.42. The Balaban J connectivity index is 2.06. The second kappa shape index (κ2) is 4.56. The smallest absolute Gasteiger partial charge is 0.254 e. The van der Waals surface area contributed by atoms with Crippen molar-refractivity contribution < 1.29 is 24.9 Å². The summed E-state index contributed by atoms with van der Waals surface area (Å²) in [5, 5.41) is 32.8. The molecule has 4 atom stereocenters. The summed E-state index contributed by atoms with van der Waals surface area (Å²) in [6.45, 7) is -0.422. The van der Waals surface area contributed by atoms with Crippen LogP contribution in [0, 0.1) is 0 Å². The number of rotatable bonds is 3. The summed E-state index contributed by atoms with van der Waals surface area (Å²) in [6.07, 6.45) is 0.152. The molecular formula is C11H14N4O5. The van der Waals surface area contributed by atoms with Gasteiger partial charge in [0.25, 0.3) is 5.91 Å². The number of hydrogen-bond acceptors (Lipinski definition) is 6. The van der Waals surface area contributed by atoms with Gasteiger partial charge in [-0.15, -0.1) is 0 Å². The zero-order valence-electron chi connectivity index (χ0n) is 10.3. The van der Waals surface area contributed by atoms with Crippen LogP contribution in [0.5, 0.6) is 0 Å². The fourth-order valence-electron chi connectivity index (χ4n) is 2.42. The molecule has 1 saturated heterocycles. The quantitative estimate of drug-likeness (QED) is 0.506. The fraction of sp³-hybridized carbons (Fsp3) is 0.455. The molecule has 1 aliphatic heterocycles. The van der Waals surface area contributed by atoms with E-state index in [-0.39, 0.29) is 5.56 Å². The molecule has 108 valence electrons. The van der Waals surface area contributed by atoms with E-state index in [1.807, 2.05) is 0 Å². The van der Waals surface area contributed by atoms with Crippen LogP contribution >= 0.6 is 0 Å². The van der Waals surface area contributed by atoms with Crippen LogP contribution in [0.1, 0.15) is 16.6 Å². The number of hydrogen-bond donors (Lipinski definition) is 4. The molecule has 3 heterocycles. The molecule has 0 radical (unpaired) electrons. The number of ether oxygens (including phenoxy) is 1. The van der Waals surface area contributed by atoms with Crippen LogP contribution in [-0.2, 0) is 4.74 Å². The minimum absolute atomic E-state index is 0.174. The highest BCUT2D eigenvalue weighted by Crippen LogP contribution is 2.31. The van der Waals surface area contributed by atoms with Crippen LogP contribution in [0.15, 0.2) is 18.6 Å². The molecule has 2 aromatic rings. The predicted molar refractivity (Wildman–Crippen MR) is 64.7 cm³/mol. The number of amides is 1. The highest BCUT2D eigenvalue weighted by atomic mass is 16.6. The van der Waals surface area contributed by atoms with Crippen LogP contribution < -0.4 is 5.73 Å². The van der Waals surface area contributed by atoms with Crippen LogP contribution in [0.2, 0.25) is 0 Å². The number of carbonyl (C=O) groups is 1. The van der Waals surface area contributed by atoms with Gasteiger partial charge in [-0.3, -0.25) is 4.79 Å². The Morgan fingerprint density at radius 2 is 2.15 bits per heavy atom. The van der Waals surface area contributed by atoms with Crippen molar-refractivity contribution in [1.82, 2.24) is 14.2 Å². The molecule has 9 heteroatoms. The van der Waals surface area contributed by atoms with Crippen LogP contribution in [0.25, 0.3) is 5.65 Å². The number of fused-ring (bicyclic) bond motifs is 1. The van der Waals surface area contributed by atoms with Gasteiger partial charge >= 0.3 is 0 Å². The maximum Gasteiger partial charge on any atom is 0.254 e. The molecule has 4 unspecified atom stereocenters. The highest BCUT2D eigenvalue weighted by Gasteiger charge is 2.44. The number of imidazole rings is 1. The van der Waals surface area contributed by atoms with Crippen LogP contribution in [0.3, 0.4) is 0 Å². The normalized spacial score (nSPS) is 30.1. The van der Waals surface area contributed by atoms with Gasteiger partial charge in [-0.2, -0.15) is 5.10 Å². The minimum atomic E-state index is -1.24. The van der Waals surface area contributed by atoms with Gasteiger partial charge < -0.3 is 30.4 Å². The lowest BCUT2D eigenvalue weighted by molar-refractivity contribution is -0.0508. The Bertz CT molecular complexity index is 650. The lowest BCUT2D eigenvalue weighted by atomic mass is 10.1. The average molecular weight is 282 g/mol. The first-order chi connectivity index (χ1) is 9.54. The summed E-state index contributed by atoms with van der Waals surface area (Å²) in [5.74, 6) is -0.660. The lowest BCUT2D eigenvalue weighted by Crippen LogP contribution is -2.33. The molecule has 0 bridgehead atoms. The molecule has 0 aliphatic carbocycles. The molecule has 0 saturated carbocycles. The third kappa shape index (κ3) is 1.72. The van der Waals surface area contributed by atoms with E-state index in [9.17, 15) is 15.0 Å². The molecular weight excluding hydrogens is 268 g/mol. The van der Waals surface area contributed by atoms with Crippen molar-refractivity contribution in [3.8, 4) is 0 Å². The Morgan fingerprint density at radius 3 is 2.75 bits per heavy atom. The standard InChI is InChI=1S/C11H14N4O5/c12-9(19)5-3-13-15-2-1-14(10(5)15)11-8(18)7(17)6(4-16)20-11/h1-3,6-8,11,16-18H,4H2,(H2,12,19). The summed E-state index contributed by atoms with van der Waals surface area (Å²) in [7, 11) is 0. The van der Waals surface area contributed by atoms with E-state index in [4.69, 9.17) is 15.6 Å². The molecule has 2 aromatic heterocycles. The van der Waals surface area contributed by atoms with Gasteiger partial charge in [-0.25, -0.2) is 4.52 Å². The third-order valence-corrected chi connectivity index (χ3v) is 3.44. The monoisotopic (exact) mass is 282 g/mol. The zero-order valence-corrected chi connectivity index (χ0v) is 10.3. The first-order valence-electron chi connectivity index (χ1n) is 6.01. The molecule has 0 aromatic carbocycles. The minimum Gasteiger partial charge on any atom is -0.394 e. The molecule has 1 fully saturated rings. The van der Waals surface area contributed by atoms with Gasteiger partial charge in [0.1, 0.15) is 23.9 Å². The number of carbonyl (C=O) groups excluding carboxylic acids is 1. The van der Waals surface area contributed by atoms with E-state index < -0.39 is 37.1 Å². The second-order valence-corrected chi connectivity index (χ2v) is 4.62. The van der Waals surface area contributed by atoms with E-state index in [0.717, 1.165) is 0 Å². The summed E-state index contributed by atoms with van der Waals surface area (Å²) < 4.78 is 8.28. The Morgan fingerprint density at radius 1 is 1.40 bits per heavy atom. The van der Waals surface area contributed by atoms with Gasteiger partial charge in [-0.05, 0) is 0 Å². The molecule has 0 spiro atoms. The van der Waals surface area contributed by atoms with Crippen molar-refractivity contribution >= 4 is 11.6 Å². The number of aromatic nitrogens is 3. The first-order valence-corrected chi connectivity index (χ1v) is 6.01. The number of aliphatic hydroxyl groups excluding tert-OH is 3. The van der Waals surface area contributed by atoms with Crippen molar-refractivity contribution in [2.75, 3.05) is 6.61 Å². The second-order valence-electron chi connectivity index (χ2n) is 4.62. The number of nitrogens with zero attached hydrogens (tertiary/aromatic N) is 3.